The highest BCUT2D eigenvalue weighted by molar-refractivity contribution is 7.13. The average molecular weight is 374 g/mol. The van der Waals surface area contributed by atoms with Crippen LogP contribution in [0.5, 0.6) is 0 Å². The third kappa shape index (κ3) is 5.13. The zero-order valence-electron chi connectivity index (χ0n) is 15.5. The van der Waals surface area contributed by atoms with Crippen LogP contribution >= 0.6 is 11.3 Å². The van der Waals surface area contributed by atoms with Crippen molar-refractivity contribution in [2.45, 2.75) is 26.3 Å². The SMILES string of the molecule is CC(C)CC(CNC(=O)c1csc(-c2ccccc2)n1)N1CCOCC1. The molecule has 0 bridgehead atoms. The number of amides is 1. The normalized spacial score (nSPS) is 16.6. The topological polar surface area (TPSA) is 54.5 Å². The quantitative estimate of drug-likeness (QED) is 0.809. The number of aromatic nitrogens is 1. The van der Waals surface area contributed by atoms with E-state index in [1.165, 1.54) is 11.3 Å². The van der Waals surface area contributed by atoms with Crippen LogP contribution in [-0.2, 0) is 4.74 Å². The minimum Gasteiger partial charge on any atom is -0.379 e. The Morgan fingerprint density at radius 3 is 2.69 bits per heavy atom. The molecule has 1 aliphatic rings. The molecule has 1 saturated heterocycles. The van der Waals surface area contributed by atoms with E-state index in [1.54, 1.807) is 0 Å². The lowest BCUT2D eigenvalue weighted by atomic mass is 10.0. The number of ether oxygens (including phenoxy) is 1. The number of thiazole rings is 1. The van der Waals surface area contributed by atoms with Gasteiger partial charge in [0.05, 0.1) is 13.2 Å². The lowest BCUT2D eigenvalue weighted by molar-refractivity contribution is 0.0124. The standard InChI is InChI=1S/C20H27N3O2S/c1-15(2)12-17(23-8-10-25-11-9-23)13-21-19(24)18-14-26-20(22-18)16-6-4-3-5-7-16/h3-7,14-15,17H,8-13H2,1-2H3,(H,21,24). The van der Waals surface area contributed by atoms with Crippen molar-refractivity contribution in [3.63, 3.8) is 0 Å². The first-order chi connectivity index (χ1) is 12.6. The van der Waals surface area contributed by atoms with Gasteiger partial charge < -0.3 is 10.1 Å². The van der Waals surface area contributed by atoms with Crippen molar-refractivity contribution in [1.82, 2.24) is 15.2 Å². The number of benzene rings is 1. The molecule has 2 heterocycles. The summed E-state index contributed by atoms with van der Waals surface area (Å²) < 4.78 is 5.46. The van der Waals surface area contributed by atoms with Crippen molar-refractivity contribution in [2.24, 2.45) is 5.92 Å². The maximum Gasteiger partial charge on any atom is 0.270 e. The third-order valence-corrected chi connectivity index (χ3v) is 5.45. The first kappa shape index (κ1) is 19.0. The van der Waals surface area contributed by atoms with Gasteiger partial charge in [-0.3, -0.25) is 9.69 Å². The van der Waals surface area contributed by atoms with Crippen LogP contribution in [0.2, 0.25) is 0 Å². The van der Waals surface area contributed by atoms with E-state index in [2.05, 4.69) is 29.0 Å². The summed E-state index contributed by atoms with van der Waals surface area (Å²) in [5.74, 6) is 0.495. The second-order valence-corrected chi connectivity index (χ2v) is 7.90. The highest BCUT2D eigenvalue weighted by atomic mass is 32.1. The molecular weight excluding hydrogens is 346 g/mol. The predicted molar refractivity (Wildman–Crippen MR) is 106 cm³/mol. The van der Waals surface area contributed by atoms with Crippen LogP contribution in [0.25, 0.3) is 10.6 Å². The Balaban J connectivity index is 1.60. The van der Waals surface area contributed by atoms with E-state index in [-0.39, 0.29) is 5.91 Å². The molecule has 6 heteroatoms. The summed E-state index contributed by atoms with van der Waals surface area (Å²) in [6.45, 7) is 8.51. The fourth-order valence-corrected chi connectivity index (χ4v) is 4.05. The Morgan fingerprint density at radius 1 is 1.27 bits per heavy atom. The molecule has 1 aromatic heterocycles. The maximum atomic E-state index is 12.6. The molecule has 2 aromatic rings. The van der Waals surface area contributed by atoms with E-state index in [4.69, 9.17) is 4.74 Å². The molecule has 1 atom stereocenters. The van der Waals surface area contributed by atoms with Gasteiger partial charge in [0.25, 0.3) is 5.91 Å². The molecular formula is C20H27N3O2S. The van der Waals surface area contributed by atoms with Gasteiger partial charge in [-0.15, -0.1) is 11.3 Å². The molecule has 1 N–H and O–H groups in total. The second-order valence-electron chi connectivity index (χ2n) is 7.05. The van der Waals surface area contributed by atoms with Crippen LogP contribution < -0.4 is 5.32 Å². The summed E-state index contributed by atoms with van der Waals surface area (Å²) in [5.41, 5.74) is 1.54. The number of rotatable bonds is 7. The predicted octanol–water partition coefficient (Wildman–Crippen LogP) is 3.29. The monoisotopic (exact) mass is 373 g/mol. The molecule has 140 valence electrons. The lowest BCUT2D eigenvalue weighted by Gasteiger charge is -2.35. The summed E-state index contributed by atoms with van der Waals surface area (Å²) in [6.07, 6.45) is 1.06. The molecule has 26 heavy (non-hydrogen) atoms. The Morgan fingerprint density at radius 2 is 2.00 bits per heavy atom. The minimum atomic E-state index is -0.0922. The van der Waals surface area contributed by atoms with Crippen LogP contribution in [0, 0.1) is 5.92 Å². The fourth-order valence-electron chi connectivity index (χ4n) is 3.24. The van der Waals surface area contributed by atoms with Gasteiger partial charge in [0.15, 0.2) is 0 Å². The Hall–Kier alpha value is -1.76. The fraction of sp³-hybridized carbons (Fsp3) is 0.500. The van der Waals surface area contributed by atoms with E-state index in [0.717, 1.165) is 43.3 Å². The molecule has 0 saturated carbocycles. The van der Waals surface area contributed by atoms with E-state index < -0.39 is 0 Å². The summed E-state index contributed by atoms with van der Waals surface area (Å²) in [5, 5.41) is 5.80. The summed E-state index contributed by atoms with van der Waals surface area (Å²) in [4.78, 5) is 19.5. The molecule has 1 unspecified atom stereocenters. The van der Waals surface area contributed by atoms with Crippen molar-refractivity contribution in [3.8, 4) is 10.6 Å². The number of carbonyl (C=O) groups is 1. The molecule has 1 aromatic carbocycles. The molecule has 1 aliphatic heterocycles. The number of morpholine rings is 1. The van der Waals surface area contributed by atoms with Crippen molar-refractivity contribution < 1.29 is 9.53 Å². The number of nitrogens with one attached hydrogen (secondary N) is 1. The summed E-state index contributed by atoms with van der Waals surface area (Å²) in [6, 6.07) is 10.3. The Kier molecular flexibility index (Phi) is 6.77. The summed E-state index contributed by atoms with van der Waals surface area (Å²) in [7, 11) is 0. The van der Waals surface area contributed by atoms with Gasteiger partial charge in [-0.05, 0) is 12.3 Å². The number of nitrogens with zero attached hydrogens (tertiary/aromatic N) is 2. The third-order valence-electron chi connectivity index (χ3n) is 4.56. The Bertz CT molecular complexity index is 696. The van der Waals surface area contributed by atoms with Crippen LogP contribution in [0.1, 0.15) is 30.8 Å². The van der Waals surface area contributed by atoms with Crippen molar-refractivity contribution in [3.05, 3.63) is 41.4 Å². The van der Waals surface area contributed by atoms with Crippen LogP contribution in [0.3, 0.4) is 0 Å². The number of hydrogen-bond donors (Lipinski definition) is 1. The van der Waals surface area contributed by atoms with Crippen LogP contribution in [0.15, 0.2) is 35.7 Å². The van der Waals surface area contributed by atoms with E-state index in [9.17, 15) is 4.79 Å². The number of hydrogen-bond acceptors (Lipinski definition) is 5. The van der Waals surface area contributed by atoms with Crippen LogP contribution in [-0.4, -0.2) is 54.7 Å². The van der Waals surface area contributed by atoms with E-state index in [0.29, 0.717) is 24.2 Å². The molecule has 0 radical (unpaired) electrons. The lowest BCUT2D eigenvalue weighted by Crippen LogP contribution is -2.49. The summed E-state index contributed by atoms with van der Waals surface area (Å²) >= 11 is 1.51. The van der Waals surface area contributed by atoms with Gasteiger partial charge in [0, 0.05) is 36.6 Å². The molecule has 0 spiro atoms. The zero-order chi connectivity index (χ0) is 18.4. The Labute approximate surface area is 159 Å². The average Bonchev–Trinajstić information content (AvgIpc) is 3.16. The van der Waals surface area contributed by atoms with Crippen molar-refractivity contribution >= 4 is 17.2 Å². The van der Waals surface area contributed by atoms with Gasteiger partial charge in [-0.1, -0.05) is 44.2 Å². The van der Waals surface area contributed by atoms with Crippen molar-refractivity contribution in [2.75, 3.05) is 32.8 Å². The molecule has 3 rings (SSSR count). The van der Waals surface area contributed by atoms with Gasteiger partial charge in [0.2, 0.25) is 0 Å². The molecule has 0 aliphatic carbocycles. The molecule has 5 nitrogen and oxygen atoms in total. The van der Waals surface area contributed by atoms with Gasteiger partial charge in [-0.2, -0.15) is 0 Å². The van der Waals surface area contributed by atoms with Gasteiger partial charge in [0.1, 0.15) is 10.7 Å². The van der Waals surface area contributed by atoms with Crippen LogP contribution in [0.4, 0.5) is 0 Å². The smallest absolute Gasteiger partial charge is 0.270 e. The van der Waals surface area contributed by atoms with Crippen molar-refractivity contribution in [1.29, 1.82) is 0 Å². The highest BCUT2D eigenvalue weighted by Gasteiger charge is 2.23. The highest BCUT2D eigenvalue weighted by Crippen LogP contribution is 2.23. The van der Waals surface area contributed by atoms with Gasteiger partial charge in [-0.25, -0.2) is 4.98 Å². The van der Waals surface area contributed by atoms with E-state index >= 15 is 0 Å². The van der Waals surface area contributed by atoms with E-state index in [1.807, 2.05) is 35.7 Å². The largest absolute Gasteiger partial charge is 0.379 e. The van der Waals surface area contributed by atoms with Gasteiger partial charge >= 0.3 is 0 Å². The molecule has 1 fully saturated rings. The first-order valence-electron chi connectivity index (χ1n) is 9.24. The zero-order valence-corrected chi connectivity index (χ0v) is 16.3. The maximum absolute atomic E-state index is 12.6. The number of carbonyl (C=O) groups excluding carboxylic acids is 1. The molecule has 1 amide bonds. The minimum absolute atomic E-state index is 0.0922. The first-order valence-corrected chi connectivity index (χ1v) is 10.1. The second kappa shape index (κ2) is 9.26.